The highest BCUT2D eigenvalue weighted by Gasteiger charge is 2.52. The molecule has 1 aromatic carbocycles. The van der Waals surface area contributed by atoms with Crippen molar-refractivity contribution in [1.82, 2.24) is 0 Å². The Kier molecular flexibility index (Phi) is 9.46. The van der Waals surface area contributed by atoms with Crippen LogP contribution >= 0.6 is 0 Å². The van der Waals surface area contributed by atoms with Crippen molar-refractivity contribution in [3.8, 4) is 11.5 Å². The molecule has 0 aliphatic heterocycles. The molecule has 1 fully saturated rings. The Bertz CT molecular complexity index is 1210. The van der Waals surface area contributed by atoms with E-state index >= 15 is 0 Å². The maximum absolute atomic E-state index is 11.8. The number of rotatable bonds is 10. The number of hydrogen-bond donors (Lipinski definition) is 3. The van der Waals surface area contributed by atoms with E-state index in [9.17, 15) is 23.2 Å². The number of phenolic OH excluding ortho intramolecular Hbond substituents is 2. The number of benzene rings is 1. The summed E-state index contributed by atoms with van der Waals surface area (Å²) in [6.07, 6.45) is 12.1. The lowest BCUT2D eigenvalue weighted by Gasteiger charge is -2.57. The van der Waals surface area contributed by atoms with Gasteiger partial charge in [0.05, 0.1) is 0 Å². The van der Waals surface area contributed by atoms with Gasteiger partial charge in [0.1, 0.15) is 17.3 Å². The first-order valence-electron chi connectivity index (χ1n) is 13.8. The average molecular weight is 547 g/mol. The quantitative estimate of drug-likeness (QED) is 0.119. The summed E-state index contributed by atoms with van der Waals surface area (Å²) in [5.41, 5.74) is 4.20. The molecule has 1 saturated carbocycles. The van der Waals surface area contributed by atoms with Crippen molar-refractivity contribution >= 4 is 10.4 Å². The normalized spacial score (nSPS) is 26.3. The molecule has 3 N–H and O–H groups in total. The maximum Gasteiger partial charge on any atom is 0.446 e. The van der Waals surface area contributed by atoms with Gasteiger partial charge < -0.3 is 14.4 Å². The van der Waals surface area contributed by atoms with Gasteiger partial charge in [-0.3, -0.25) is 4.55 Å². The predicted molar refractivity (Wildman–Crippen MR) is 152 cm³/mol. The van der Waals surface area contributed by atoms with Crippen LogP contribution in [-0.2, 0) is 21.0 Å². The molecule has 2 aliphatic rings. The van der Waals surface area contributed by atoms with Gasteiger partial charge in [0.25, 0.3) is 0 Å². The molecule has 7 heteroatoms. The van der Waals surface area contributed by atoms with Crippen LogP contribution in [0.1, 0.15) is 98.5 Å². The second-order valence-electron chi connectivity index (χ2n) is 12.5. The highest BCUT2D eigenvalue weighted by molar-refractivity contribution is 7.81. The van der Waals surface area contributed by atoms with Crippen LogP contribution in [0.2, 0.25) is 0 Å². The molecule has 0 radical (unpaired) electrons. The van der Waals surface area contributed by atoms with Gasteiger partial charge in [0.15, 0.2) is 0 Å². The van der Waals surface area contributed by atoms with Crippen LogP contribution in [-0.4, -0.2) is 23.2 Å². The Labute approximate surface area is 229 Å². The van der Waals surface area contributed by atoms with Crippen LogP contribution in [0.3, 0.4) is 0 Å². The third-order valence-electron chi connectivity index (χ3n) is 9.22. The summed E-state index contributed by atoms with van der Waals surface area (Å²) in [5, 5.41) is 19.7. The summed E-state index contributed by atoms with van der Waals surface area (Å²) in [6, 6.07) is 4.50. The van der Waals surface area contributed by atoms with Crippen molar-refractivity contribution in [3.05, 3.63) is 58.4 Å². The fourth-order valence-electron chi connectivity index (χ4n) is 7.02. The molecule has 212 valence electrons. The molecule has 0 amide bonds. The van der Waals surface area contributed by atoms with Crippen LogP contribution in [0.25, 0.3) is 0 Å². The van der Waals surface area contributed by atoms with E-state index in [2.05, 4.69) is 33.8 Å². The third kappa shape index (κ3) is 7.44. The third-order valence-corrected chi connectivity index (χ3v) is 9.64. The molecular formula is C31H46O6S. The average Bonchev–Trinajstić information content (AvgIpc) is 2.79. The second-order valence-corrected chi connectivity index (χ2v) is 13.5. The van der Waals surface area contributed by atoms with Gasteiger partial charge in [-0.2, -0.15) is 8.42 Å². The molecule has 0 aromatic heterocycles. The summed E-state index contributed by atoms with van der Waals surface area (Å²) in [7, 11) is -4.63. The Morgan fingerprint density at radius 2 is 1.84 bits per heavy atom. The zero-order valence-electron chi connectivity index (χ0n) is 23.9. The summed E-state index contributed by atoms with van der Waals surface area (Å²) in [6.45, 7) is 13.1. The first-order chi connectivity index (χ1) is 17.6. The van der Waals surface area contributed by atoms with E-state index in [1.807, 2.05) is 19.9 Å². The molecule has 1 aromatic rings. The minimum absolute atomic E-state index is 0.0471. The van der Waals surface area contributed by atoms with Gasteiger partial charge in [0.2, 0.25) is 0 Å². The van der Waals surface area contributed by atoms with E-state index in [1.54, 1.807) is 6.07 Å². The van der Waals surface area contributed by atoms with Gasteiger partial charge in [-0.15, -0.1) is 0 Å². The van der Waals surface area contributed by atoms with Crippen LogP contribution in [0.15, 0.2) is 52.8 Å². The Hall–Kier alpha value is -2.25. The molecule has 0 saturated heterocycles. The minimum atomic E-state index is -4.63. The summed E-state index contributed by atoms with van der Waals surface area (Å²) in [5.74, 6) is 1.31. The molecule has 0 spiro atoms. The van der Waals surface area contributed by atoms with E-state index in [-0.39, 0.29) is 28.2 Å². The van der Waals surface area contributed by atoms with Gasteiger partial charge in [0, 0.05) is 12.0 Å². The molecular weight excluding hydrogens is 500 g/mol. The zero-order chi connectivity index (χ0) is 28.3. The minimum Gasteiger partial charge on any atom is -0.508 e. The van der Waals surface area contributed by atoms with Crippen molar-refractivity contribution in [1.29, 1.82) is 0 Å². The lowest BCUT2D eigenvalue weighted by molar-refractivity contribution is -0.0387. The fraction of sp³-hybridized carbons (Fsp3) is 0.613. The highest BCUT2D eigenvalue weighted by Crippen LogP contribution is 2.60. The van der Waals surface area contributed by atoms with Crippen LogP contribution < -0.4 is 0 Å². The van der Waals surface area contributed by atoms with Gasteiger partial charge in [-0.05, 0) is 112 Å². The maximum atomic E-state index is 11.8. The molecule has 3 rings (SSSR count). The summed E-state index contributed by atoms with van der Waals surface area (Å²) >= 11 is 0. The van der Waals surface area contributed by atoms with Gasteiger partial charge >= 0.3 is 10.4 Å². The van der Waals surface area contributed by atoms with Crippen LogP contribution in [0.4, 0.5) is 0 Å². The first kappa shape index (κ1) is 30.3. The van der Waals surface area contributed by atoms with E-state index in [0.717, 1.165) is 43.3 Å². The lowest BCUT2D eigenvalue weighted by atomic mass is 9.48. The highest BCUT2D eigenvalue weighted by atomic mass is 32.3. The number of phenols is 2. The first-order valence-corrected chi connectivity index (χ1v) is 15.2. The van der Waals surface area contributed by atoms with Crippen molar-refractivity contribution < 1.29 is 27.4 Å². The Balaban J connectivity index is 1.74. The topological polar surface area (TPSA) is 104 Å². The monoisotopic (exact) mass is 546 g/mol. The SMILES string of the molecule is CC1=CC[C@H]2C(C)(C)CCC[C@]2(C)[C@H]1C/C(OS(=O)(=O)O)=C(\C)CCC/C(C)=C/Cc1cc(O)ccc1O. The smallest absolute Gasteiger partial charge is 0.446 e. The van der Waals surface area contributed by atoms with Crippen LogP contribution in [0, 0.1) is 22.7 Å². The fourth-order valence-corrected chi connectivity index (χ4v) is 7.48. The van der Waals surface area contributed by atoms with Crippen molar-refractivity contribution in [2.24, 2.45) is 22.7 Å². The Morgan fingerprint density at radius 3 is 2.53 bits per heavy atom. The van der Waals surface area contributed by atoms with Crippen LogP contribution in [0.5, 0.6) is 11.5 Å². The van der Waals surface area contributed by atoms with Crippen molar-refractivity contribution in [2.45, 2.75) is 99.3 Å². The van der Waals surface area contributed by atoms with Gasteiger partial charge in [-0.25, -0.2) is 0 Å². The summed E-state index contributed by atoms with van der Waals surface area (Å²) in [4.78, 5) is 0. The van der Waals surface area contributed by atoms with Crippen molar-refractivity contribution in [2.75, 3.05) is 0 Å². The lowest BCUT2D eigenvalue weighted by Crippen LogP contribution is -2.48. The Morgan fingerprint density at radius 1 is 1.13 bits per heavy atom. The number of allylic oxidation sites excluding steroid dienone is 6. The number of aromatic hydroxyl groups is 2. The van der Waals surface area contributed by atoms with Crippen molar-refractivity contribution in [3.63, 3.8) is 0 Å². The molecule has 3 atom stereocenters. The van der Waals surface area contributed by atoms with E-state index < -0.39 is 10.4 Å². The molecule has 0 unspecified atom stereocenters. The largest absolute Gasteiger partial charge is 0.508 e. The number of hydrogen-bond acceptors (Lipinski definition) is 5. The molecule has 2 aliphatic carbocycles. The summed E-state index contributed by atoms with van der Waals surface area (Å²) < 4.78 is 38.5. The van der Waals surface area contributed by atoms with Gasteiger partial charge in [-0.1, -0.05) is 50.5 Å². The van der Waals surface area contributed by atoms with E-state index in [4.69, 9.17) is 4.18 Å². The molecule has 6 nitrogen and oxygen atoms in total. The predicted octanol–water partition coefficient (Wildman–Crippen LogP) is 8.04. The zero-order valence-corrected chi connectivity index (χ0v) is 24.7. The molecule has 0 bridgehead atoms. The standard InChI is InChI=1S/C31H46O6S/c1-21(11-13-24-19-25(32)14-15-27(24)33)9-7-10-23(3)28(37-38(34,35)36)20-26-22(2)12-16-29-30(4,5)17-8-18-31(26,29)6/h11-12,14-15,19,26,29,32-33H,7-10,13,16-18,20H2,1-6H3,(H,34,35,36)/b21-11+,28-23-/t26-,29-,31+/m0/s1. The van der Waals surface area contributed by atoms with E-state index in [0.29, 0.717) is 36.5 Å². The molecule has 38 heavy (non-hydrogen) atoms. The van der Waals surface area contributed by atoms with E-state index in [1.165, 1.54) is 24.1 Å². The molecule has 0 heterocycles. The second kappa shape index (κ2) is 11.9. The number of fused-ring (bicyclic) bond motifs is 1.